The van der Waals surface area contributed by atoms with E-state index in [0.29, 0.717) is 11.1 Å². The van der Waals surface area contributed by atoms with Gasteiger partial charge in [-0.25, -0.2) is 0 Å². The number of phenols is 1. The lowest BCUT2D eigenvalue weighted by atomic mass is 9.84. The maximum atomic E-state index is 10.5. The molecule has 2 rings (SSSR count). The lowest BCUT2D eigenvalue weighted by Gasteiger charge is -2.38. The molecule has 1 aliphatic rings. The fraction of sp³-hybridized carbons (Fsp3) is 0.793. The van der Waals surface area contributed by atoms with Gasteiger partial charge in [0, 0.05) is 16.5 Å². The molecule has 0 fully saturated rings. The Bertz CT molecular complexity index is 684. The number of fused-ring (bicyclic) bond motifs is 1. The van der Waals surface area contributed by atoms with E-state index in [0.717, 1.165) is 41.7 Å². The van der Waals surface area contributed by atoms with Crippen LogP contribution in [0, 0.1) is 13.8 Å². The molecule has 3 heteroatoms. The highest BCUT2D eigenvalue weighted by Crippen LogP contribution is 2.45. The monoisotopic (exact) mass is 508 g/mol. The second kappa shape index (κ2) is 14.5. The van der Waals surface area contributed by atoms with E-state index in [1.807, 2.05) is 6.92 Å². The van der Waals surface area contributed by atoms with Gasteiger partial charge in [0.25, 0.3) is 0 Å². The van der Waals surface area contributed by atoms with E-state index in [1.54, 1.807) is 0 Å². The number of benzene rings is 1. The molecule has 0 radical (unpaired) electrons. The standard InChI is InChI=1S/C29H49BrO2/c1-5-6-7-8-9-10-11-12-13-14-15-16-17-18-20-29(4)21-19-25-26(22-30)27(31)23(2)24(3)28(25)32-29/h31H,5-22H2,1-4H3. The predicted molar refractivity (Wildman–Crippen MR) is 142 cm³/mol. The number of rotatable bonds is 16. The largest absolute Gasteiger partial charge is 0.507 e. The van der Waals surface area contributed by atoms with Crippen molar-refractivity contribution < 1.29 is 9.84 Å². The SMILES string of the molecule is CCCCCCCCCCCCCCCCC1(C)CCc2c(CBr)c(O)c(C)c(C)c2O1. The summed E-state index contributed by atoms with van der Waals surface area (Å²) >= 11 is 3.56. The van der Waals surface area contributed by atoms with Gasteiger partial charge in [0.05, 0.1) is 0 Å². The highest BCUT2D eigenvalue weighted by atomic mass is 79.9. The van der Waals surface area contributed by atoms with Gasteiger partial charge in [-0.05, 0) is 57.6 Å². The van der Waals surface area contributed by atoms with Gasteiger partial charge < -0.3 is 9.84 Å². The van der Waals surface area contributed by atoms with Gasteiger partial charge in [-0.15, -0.1) is 0 Å². The molecule has 32 heavy (non-hydrogen) atoms. The third kappa shape index (κ3) is 8.26. The minimum Gasteiger partial charge on any atom is -0.507 e. The summed E-state index contributed by atoms with van der Waals surface area (Å²) in [5.41, 5.74) is 4.22. The number of phenolic OH excluding ortho intramolecular Hbond substituents is 1. The maximum absolute atomic E-state index is 10.5. The summed E-state index contributed by atoms with van der Waals surface area (Å²) in [6.45, 7) is 8.66. The van der Waals surface area contributed by atoms with Crippen LogP contribution in [0.4, 0.5) is 0 Å². The summed E-state index contributed by atoms with van der Waals surface area (Å²) in [5, 5.41) is 11.2. The normalized spacial score (nSPS) is 17.9. The molecule has 1 aromatic carbocycles. The van der Waals surface area contributed by atoms with E-state index < -0.39 is 0 Å². The molecular weight excluding hydrogens is 460 g/mol. The van der Waals surface area contributed by atoms with Gasteiger partial charge in [-0.3, -0.25) is 0 Å². The first-order chi connectivity index (χ1) is 15.4. The van der Waals surface area contributed by atoms with Crippen molar-refractivity contribution in [2.24, 2.45) is 0 Å². The van der Waals surface area contributed by atoms with Crippen LogP contribution in [0.2, 0.25) is 0 Å². The molecule has 2 nitrogen and oxygen atoms in total. The van der Waals surface area contributed by atoms with Crippen molar-refractivity contribution in [2.75, 3.05) is 0 Å². The molecule has 1 unspecified atom stereocenters. The molecule has 184 valence electrons. The number of halogens is 1. The fourth-order valence-electron chi connectivity index (χ4n) is 5.18. The molecule has 1 atom stereocenters. The van der Waals surface area contributed by atoms with Crippen molar-refractivity contribution in [2.45, 2.75) is 148 Å². The zero-order valence-corrected chi connectivity index (χ0v) is 23.0. The van der Waals surface area contributed by atoms with E-state index in [-0.39, 0.29) is 5.60 Å². The van der Waals surface area contributed by atoms with E-state index >= 15 is 0 Å². The number of aromatic hydroxyl groups is 1. The van der Waals surface area contributed by atoms with Crippen LogP contribution in [0.1, 0.15) is 139 Å². The Balaban J connectivity index is 1.60. The molecule has 0 aliphatic carbocycles. The average molecular weight is 510 g/mol. The minimum atomic E-state index is -0.0676. The van der Waals surface area contributed by atoms with Crippen LogP contribution in [0.25, 0.3) is 0 Å². The van der Waals surface area contributed by atoms with Gasteiger partial charge in [0.15, 0.2) is 0 Å². The van der Waals surface area contributed by atoms with Gasteiger partial charge in [-0.1, -0.05) is 106 Å². The highest BCUT2D eigenvalue weighted by Gasteiger charge is 2.34. The molecule has 1 N–H and O–H groups in total. The Hall–Kier alpha value is -0.700. The van der Waals surface area contributed by atoms with Gasteiger partial charge >= 0.3 is 0 Å². The average Bonchev–Trinajstić information content (AvgIpc) is 2.79. The highest BCUT2D eigenvalue weighted by molar-refractivity contribution is 9.08. The van der Waals surface area contributed by atoms with Gasteiger partial charge in [0.1, 0.15) is 17.1 Å². The van der Waals surface area contributed by atoms with Gasteiger partial charge in [0.2, 0.25) is 0 Å². The second-order valence-electron chi connectivity index (χ2n) is 10.4. The summed E-state index contributed by atoms with van der Waals surface area (Å²) in [4.78, 5) is 0. The Labute approximate surface area is 207 Å². The molecule has 0 bridgehead atoms. The van der Waals surface area contributed by atoms with Crippen LogP contribution >= 0.6 is 15.9 Å². The third-order valence-corrected chi connectivity index (χ3v) is 8.19. The van der Waals surface area contributed by atoms with Crippen molar-refractivity contribution in [3.05, 3.63) is 22.3 Å². The van der Waals surface area contributed by atoms with E-state index in [4.69, 9.17) is 4.74 Å². The van der Waals surface area contributed by atoms with Crippen molar-refractivity contribution in [1.29, 1.82) is 0 Å². The summed E-state index contributed by atoms with van der Waals surface area (Å²) in [5.74, 6) is 1.48. The zero-order valence-electron chi connectivity index (χ0n) is 21.5. The molecule has 1 heterocycles. The molecule has 0 saturated heterocycles. The number of ether oxygens (including phenoxy) is 1. The maximum Gasteiger partial charge on any atom is 0.127 e. The summed E-state index contributed by atoms with van der Waals surface area (Å²) in [6, 6.07) is 0. The van der Waals surface area contributed by atoms with E-state index in [1.165, 1.54) is 95.5 Å². The predicted octanol–water partition coefficient (Wildman–Crippen LogP) is 9.86. The molecule has 1 aliphatic heterocycles. The summed E-state index contributed by atoms with van der Waals surface area (Å²) in [6.07, 6.45) is 22.8. The summed E-state index contributed by atoms with van der Waals surface area (Å²) in [7, 11) is 0. The molecule has 0 aromatic heterocycles. The Morgan fingerprint density at radius 3 is 1.81 bits per heavy atom. The molecule has 0 saturated carbocycles. The van der Waals surface area contributed by atoms with E-state index in [2.05, 4.69) is 36.7 Å². The Kier molecular flexibility index (Phi) is 12.5. The first-order valence-corrected chi connectivity index (χ1v) is 14.6. The molecule has 0 spiro atoms. The van der Waals surface area contributed by atoms with Crippen LogP contribution in [-0.2, 0) is 11.8 Å². The first kappa shape index (κ1) is 27.5. The Morgan fingerprint density at radius 2 is 1.31 bits per heavy atom. The van der Waals surface area contributed by atoms with Gasteiger partial charge in [-0.2, -0.15) is 0 Å². The molecule has 0 amide bonds. The topological polar surface area (TPSA) is 29.5 Å². The second-order valence-corrected chi connectivity index (χ2v) is 11.0. The first-order valence-electron chi connectivity index (χ1n) is 13.5. The smallest absolute Gasteiger partial charge is 0.127 e. The third-order valence-electron chi connectivity index (χ3n) is 7.63. The van der Waals surface area contributed by atoms with Crippen molar-refractivity contribution >= 4 is 15.9 Å². The fourth-order valence-corrected chi connectivity index (χ4v) is 5.79. The van der Waals surface area contributed by atoms with Crippen LogP contribution < -0.4 is 4.74 Å². The van der Waals surface area contributed by atoms with Crippen LogP contribution in [-0.4, -0.2) is 10.7 Å². The van der Waals surface area contributed by atoms with Crippen LogP contribution in [0.5, 0.6) is 11.5 Å². The summed E-state index contributed by atoms with van der Waals surface area (Å²) < 4.78 is 6.61. The quantitative estimate of drug-likeness (QED) is 0.177. The molecular formula is C29H49BrO2. The number of alkyl halides is 1. The lowest BCUT2D eigenvalue weighted by Crippen LogP contribution is -2.37. The lowest BCUT2D eigenvalue weighted by molar-refractivity contribution is 0.0521. The van der Waals surface area contributed by atoms with Crippen molar-refractivity contribution in [1.82, 2.24) is 0 Å². The minimum absolute atomic E-state index is 0.0676. The van der Waals surface area contributed by atoms with Crippen molar-refractivity contribution in [3.8, 4) is 11.5 Å². The number of hydrogen-bond acceptors (Lipinski definition) is 2. The number of hydrogen-bond donors (Lipinski definition) is 1. The number of unbranched alkanes of at least 4 members (excludes halogenated alkanes) is 13. The van der Waals surface area contributed by atoms with Crippen LogP contribution in [0.15, 0.2) is 0 Å². The zero-order chi connectivity index (χ0) is 23.4. The van der Waals surface area contributed by atoms with Crippen LogP contribution in [0.3, 0.4) is 0 Å². The molecule has 1 aromatic rings. The van der Waals surface area contributed by atoms with E-state index in [9.17, 15) is 5.11 Å². The Morgan fingerprint density at radius 1 is 0.812 bits per heavy atom. The van der Waals surface area contributed by atoms with Crippen molar-refractivity contribution in [3.63, 3.8) is 0 Å².